The van der Waals surface area contributed by atoms with Crippen LogP contribution in [0.3, 0.4) is 0 Å². The first-order valence-corrected chi connectivity index (χ1v) is 5.76. The molecule has 0 saturated carbocycles. The molecule has 0 bridgehead atoms. The van der Waals surface area contributed by atoms with E-state index in [1.807, 2.05) is 35.1 Å². The molecule has 0 atom stereocenters. The number of benzene rings is 1. The second kappa shape index (κ2) is 4.49. The van der Waals surface area contributed by atoms with Crippen LogP contribution in [0.25, 0.3) is 10.9 Å². The van der Waals surface area contributed by atoms with Crippen molar-refractivity contribution in [2.24, 2.45) is 0 Å². The molecular weight excluding hydrogens is 226 g/mol. The van der Waals surface area contributed by atoms with Crippen molar-refractivity contribution in [1.82, 2.24) is 14.8 Å². The van der Waals surface area contributed by atoms with Crippen LogP contribution in [0.4, 0.5) is 0 Å². The highest BCUT2D eigenvalue weighted by molar-refractivity contribution is 5.78. The summed E-state index contributed by atoms with van der Waals surface area (Å²) in [6.45, 7) is 0.715. The molecular formula is C14H13N3O. The van der Waals surface area contributed by atoms with Crippen LogP contribution in [0.15, 0.2) is 48.8 Å². The summed E-state index contributed by atoms with van der Waals surface area (Å²) in [7, 11) is 1.62. The number of nitrogens with zero attached hydrogens (tertiary/aromatic N) is 3. The van der Waals surface area contributed by atoms with E-state index in [2.05, 4.69) is 22.2 Å². The molecule has 18 heavy (non-hydrogen) atoms. The number of aromatic nitrogens is 3. The second-order valence-electron chi connectivity index (χ2n) is 4.07. The van der Waals surface area contributed by atoms with Crippen molar-refractivity contribution in [3.63, 3.8) is 0 Å². The van der Waals surface area contributed by atoms with Gasteiger partial charge in [0, 0.05) is 17.6 Å². The normalized spacial score (nSPS) is 10.7. The molecule has 0 spiro atoms. The maximum Gasteiger partial charge on any atom is 0.213 e. The summed E-state index contributed by atoms with van der Waals surface area (Å²) in [6, 6.07) is 12.1. The van der Waals surface area contributed by atoms with Gasteiger partial charge in [-0.2, -0.15) is 5.10 Å². The lowest BCUT2D eigenvalue weighted by Crippen LogP contribution is -2.01. The lowest BCUT2D eigenvalue weighted by molar-refractivity contribution is 0.397. The van der Waals surface area contributed by atoms with Crippen molar-refractivity contribution < 1.29 is 4.74 Å². The summed E-state index contributed by atoms with van der Waals surface area (Å²) in [5, 5.41) is 5.55. The number of pyridine rings is 1. The Balaban J connectivity index is 1.96. The van der Waals surface area contributed by atoms with Gasteiger partial charge in [0.05, 0.1) is 25.4 Å². The van der Waals surface area contributed by atoms with Crippen molar-refractivity contribution >= 4 is 10.9 Å². The minimum atomic E-state index is 0.629. The Bertz CT molecular complexity index is 675. The van der Waals surface area contributed by atoms with Crippen LogP contribution >= 0.6 is 0 Å². The third-order valence-corrected chi connectivity index (χ3v) is 2.89. The second-order valence-corrected chi connectivity index (χ2v) is 4.07. The van der Waals surface area contributed by atoms with Gasteiger partial charge in [0.2, 0.25) is 5.88 Å². The summed E-state index contributed by atoms with van der Waals surface area (Å²) >= 11 is 0. The number of hydrogen-bond acceptors (Lipinski definition) is 3. The van der Waals surface area contributed by atoms with Crippen LogP contribution in [0.1, 0.15) is 5.56 Å². The Labute approximate surface area is 105 Å². The van der Waals surface area contributed by atoms with Gasteiger partial charge in [-0.1, -0.05) is 18.2 Å². The summed E-state index contributed by atoms with van der Waals surface area (Å²) in [5.41, 5.74) is 2.25. The lowest BCUT2D eigenvalue weighted by Gasteiger charge is -2.05. The van der Waals surface area contributed by atoms with Gasteiger partial charge in [0.25, 0.3) is 0 Å². The maximum atomic E-state index is 5.12. The molecule has 4 heteroatoms. The van der Waals surface area contributed by atoms with Crippen LogP contribution in [0, 0.1) is 0 Å². The first-order valence-electron chi connectivity index (χ1n) is 5.76. The molecule has 0 fully saturated rings. The Kier molecular flexibility index (Phi) is 2.68. The van der Waals surface area contributed by atoms with Crippen LogP contribution in [0.2, 0.25) is 0 Å². The zero-order chi connectivity index (χ0) is 12.4. The highest BCUT2D eigenvalue weighted by Gasteiger charge is 2.03. The third kappa shape index (κ3) is 1.93. The molecule has 2 aromatic heterocycles. The van der Waals surface area contributed by atoms with E-state index in [9.17, 15) is 0 Å². The van der Waals surface area contributed by atoms with Gasteiger partial charge in [-0.15, -0.1) is 0 Å². The van der Waals surface area contributed by atoms with Gasteiger partial charge in [-0.05, 0) is 17.7 Å². The molecule has 3 rings (SSSR count). The molecule has 0 aliphatic rings. The predicted molar refractivity (Wildman–Crippen MR) is 69.6 cm³/mol. The van der Waals surface area contributed by atoms with Gasteiger partial charge in [-0.3, -0.25) is 4.68 Å². The Morgan fingerprint density at radius 1 is 1.22 bits per heavy atom. The van der Waals surface area contributed by atoms with Gasteiger partial charge in [0.15, 0.2) is 0 Å². The molecule has 1 aromatic carbocycles. The van der Waals surface area contributed by atoms with Crippen molar-refractivity contribution in [3.8, 4) is 5.88 Å². The quantitative estimate of drug-likeness (QED) is 0.705. The predicted octanol–water partition coefficient (Wildman–Crippen LogP) is 2.49. The maximum absolute atomic E-state index is 5.12. The monoisotopic (exact) mass is 239 g/mol. The molecule has 90 valence electrons. The molecule has 4 nitrogen and oxygen atoms in total. The van der Waals surface area contributed by atoms with E-state index in [1.165, 1.54) is 0 Å². The molecule has 0 aliphatic heterocycles. The van der Waals surface area contributed by atoms with E-state index in [1.54, 1.807) is 13.3 Å². The fourth-order valence-electron chi connectivity index (χ4n) is 1.99. The molecule has 0 aliphatic carbocycles. The van der Waals surface area contributed by atoms with Gasteiger partial charge < -0.3 is 4.74 Å². The fourth-order valence-corrected chi connectivity index (χ4v) is 1.99. The van der Waals surface area contributed by atoms with E-state index in [0.29, 0.717) is 12.4 Å². The van der Waals surface area contributed by atoms with E-state index in [4.69, 9.17) is 4.74 Å². The molecule has 0 N–H and O–H groups in total. The van der Waals surface area contributed by atoms with E-state index in [-0.39, 0.29) is 0 Å². The third-order valence-electron chi connectivity index (χ3n) is 2.89. The lowest BCUT2D eigenvalue weighted by atomic mass is 10.2. The van der Waals surface area contributed by atoms with Crippen LogP contribution in [0.5, 0.6) is 5.88 Å². The van der Waals surface area contributed by atoms with Gasteiger partial charge in [0.1, 0.15) is 0 Å². The Hall–Kier alpha value is -2.36. The minimum absolute atomic E-state index is 0.629. The Morgan fingerprint density at radius 3 is 3.00 bits per heavy atom. The van der Waals surface area contributed by atoms with Crippen molar-refractivity contribution in [2.75, 3.05) is 7.11 Å². The van der Waals surface area contributed by atoms with Crippen LogP contribution in [-0.4, -0.2) is 21.9 Å². The summed E-state index contributed by atoms with van der Waals surface area (Å²) in [5.74, 6) is 0.629. The average molecular weight is 239 g/mol. The number of ether oxygens (including phenoxy) is 1. The van der Waals surface area contributed by atoms with Gasteiger partial charge in [-0.25, -0.2) is 4.98 Å². The van der Waals surface area contributed by atoms with Crippen molar-refractivity contribution in [1.29, 1.82) is 0 Å². The molecule has 2 heterocycles. The van der Waals surface area contributed by atoms with Crippen LogP contribution < -0.4 is 4.74 Å². The van der Waals surface area contributed by atoms with Crippen molar-refractivity contribution in [3.05, 3.63) is 54.4 Å². The van der Waals surface area contributed by atoms with Crippen LogP contribution in [-0.2, 0) is 6.54 Å². The molecule has 0 amide bonds. The SMILES string of the molecule is COc1cc(Cn2ncc3ccccc32)ccn1. The summed E-state index contributed by atoms with van der Waals surface area (Å²) in [6.07, 6.45) is 3.63. The zero-order valence-corrected chi connectivity index (χ0v) is 10.1. The average Bonchev–Trinajstić information content (AvgIpc) is 2.83. The topological polar surface area (TPSA) is 39.9 Å². The van der Waals surface area contributed by atoms with Gasteiger partial charge >= 0.3 is 0 Å². The fraction of sp³-hybridized carbons (Fsp3) is 0.143. The highest BCUT2D eigenvalue weighted by atomic mass is 16.5. The number of para-hydroxylation sites is 1. The first-order chi connectivity index (χ1) is 8.86. The standard InChI is InChI=1S/C14H13N3O/c1-18-14-8-11(6-7-15-14)10-17-13-5-3-2-4-12(13)9-16-17/h2-9H,10H2,1H3. The summed E-state index contributed by atoms with van der Waals surface area (Å²) < 4.78 is 7.10. The minimum Gasteiger partial charge on any atom is -0.481 e. The molecule has 0 radical (unpaired) electrons. The van der Waals surface area contributed by atoms with E-state index < -0.39 is 0 Å². The number of rotatable bonds is 3. The Morgan fingerprint density at radius 2 is 2.11 bits per heavy atom. The molecule has 0 unspecified atom stereocenters. The molecule has 3 aromatic rings. The first kappa shape index (κ1) is 10.8. The van der Waals surface area contributed by atoms with E-state index >= 15 is 0 Å². The number of fused-ring (bicyclic) bond motifs is 1. The van der Waals surface area contributed by atoms with Crippen molar-refractivity contribution in [2.45, 2.75) is 6.54 Å². The number of methoxy groups -OCH3 is 1. The van der Waals surface area contributed by atoms with E-state index in [0.717, 1.165) is 16.5 Å². The summed E-state index contributed by atoms with van der Waals surface area (Å²) in [4.78, 5) is 4.10. The smallest absolute Gasteiger partial charge is 0.213 e. The number of hydrogen-bond donors (Lipinski definition) is 0. The highest BCUT2D eigenvalue weighted by Crippen LogP contribution is 2.15. The molecule has 0 saturated heterocycles. The largest absolute Gasteiger partial charge is 0.481 e. The zero-order valence-electron chi connectivity index (χ0n) is 10.1.